The fourth-order valence-electron chi connectivity index (χ4n) is 3.54. The Kier molecular flexibility index (Phi) is 7.22. The van der Waals surface area contributed by atoms with Crippen LogP contribution in [-0.4, -0.2) is 52.0 Å². The maximum Gasteiger partial charge on any atom is 0.309 e. The summed E-state index contributed by atoms with van der Waals surface area (Å²) < 4.78 is 14.9. The number of hydrogen-bond acceptors (Lipinski definition) is 6. The van der Waals surface area contributed by atoms with Gasteiger partial charge in [-0.05, 0) is 56.2 Å². The third-order valence-electron chi connectivity index (χ3n) is 5.12. The van der Waals surface area contributed by atoms with E-state index in [0.717, 1.165) is 43.1 Å². The topological polar surface area (TPSA) is 61.5 Å². The number of ether oxygens (including phenoxy) is 2. The molecule has 1 aliphatic heterocycles. The van der Waals surface area contributed by atoms with Gasteiger partial charge in [-0.1, -0.05) is 6.08 Å². The van der Waals surface area contributed by atoms with Crippen LogP contribution in [0.5, 0.6) is 5.75 Å². The Morgan fingerprint density at radius 1 is 1.31 bits per heavy atom. The lowest BCUT2D eigenvalue weighted by Gasteiger charge is -2.30. The molecule has 1 saturated heterocycles. The largest absolute Gasteiger partial charge is 0.497 e. The summed E-state index contributed by atoms with van der Waals surface area (Å²) in [5.74, 6) is 1.51. The molecule has 0 saturated carbocycles. The average Bonchev–Trinajstić information content (AvgIpc) is 3.04. The molecule has 1 aliphatic rings. The van der Waals surface area contributed by atoms with Gasteiger partial charge in [-0.25, -0.2) is 4.68 Å². The molecule has 0 aliphatic carbocycles. The first-order valence-corrected chi connectivity index (χ1v) is 10.3. The minimum absolute atomic E-state index is 0.00708. The SMILES string of the molecule is C=CCn1c(-c2ccc(OC)cc2)nn(CN2CCC(C(=O)OCC)CC2)c1=S. The molecule has 1 aromatic heterocycles. The second-order valence-corrected chi connectivity index (χ2v) is 7.38. The van der Waals surface area contributed by atoms with Crippen LogP contribution in [0, 0.1) is 10.7 Å². The van der Waals surface area contributed by atoms with Crippen molar-refractivity contribution in [3.05, 3.63) is 41.7 Å². The van der Waals surface area contributed by atoms with Crippen LogP contribution >= 0.6 is 12.2 Å². The van der Waals surface area contributed by atoms with E-state index in [2.05, 4.69) is 11.5 Å². The molecule has 0 spiro atoms. The molecule has 7 nitrogen and oxygen atoms in total. The summed E-state index contributed by atoms with van der Waals surface area (Å²) in [4.78, 5) is 14.2. The highest BCUT2D eigenvalue weighted by atomic mass is 32.1. The van der Waals surface area contributed by atoms with Crippen molar-refractivity contribution in [3.8, 4) is 17.1 Å². The number of aromatic nitrogens is 3. The van der Waals surface area contributed by atoms with Crippen LogP contribution in [0.1, 0.15) is 19.8 Å². The van der Waals surface area contributed by atoms with E-state index in [1.165, 1.54) is 0 Å². The van der Waals surface area contributed by atoms with Crippen molar-refractivity contribution < 1.29 is 14.3 Å². The van der Waals surface area contributed by atoms with Crippen LogP contribution in [0.2, 0.25) is 0 Å². The quantitative estimate of drug-likeness (QED) is 0.373. The van der Waals surface area contributed by atoms with Crippen LogP contribution in [-0.2, 0) is 22.7 Å². The summed E-state index contributed by atoms with van der Waals surface area (Å²) in [6.45, 7) is 8.94. The van der Waals surface area contributed by atoms with Gasteiger partial charge in [0.15, 0.2) is 10.6 Å². The minimum atomic E-state index is -0.0826. The second kappa shape index (κ2) is 9.84. The summed E-state index contributed by atoms with van der Waals surface area (Å²) in [6, 6.07) is 7.78. The van der Waals surface area contributed by atoms with Crippen LogP contribution in [0.3, 0.4) is 0 Å². The van der Waals surface area contributed by atoms with Gasteiger partial charge in [0, 0.05) is 25.2 Å². The van der Waals surface area contributed by atoms with Crippen molar-refractivity contribution in [3.63, 3.8) is 0 Å². The van der Waals surface area contributed by atoms with Gasteiger partial charge < -0.3 is 9.47 Å². The first-order valence-electron chi connectivity index (χ1n) is 9.89. The molecule has 2 aromatic rings. The van der Waals surface area contributed by atoms with Crippen molar-refractivity contribution in [1.29, 1.82) is 0 Å². The Hall–Kier alpha value is -2.45. The Morgan fingerprint density at radius 3 is 2.59 bits per heavy atom. The molecule has 0 N–H and O–H groups in total. The first kappa shape index (κ1) is 21.3. The molecule has 0 bridgehead atoms. The van der Waals surface area contributed by atoms with Gasteiger partial charge in [0.2, 0.25) is 0 Å². The molecule has 0 radical (unpaired) electrons. The average molecular weight is 417 g/mol. The molecule has 1 aromatic carbocycles. The number of methoxy groups -OCH3 is 1. The van der Waals surface area contributed by atoms with Crippen molar-refractivity contribution in [2.75, 3.05) is 26.8 Å². The van der Waals surface area contributed by atoms with E-state index in [9.17, 15) is 4.79 Å². The summed E-state index contributed by atoms with van der Waals surface area (Å²) in [5.41, 5.74) is 0.971. The highest BCUT2D eigenvalue weighted by Crippen LogP contribution is 2.23. The molecular formula is C21H28N4O3S. The summed E-state index contributed by atoms with van der Waals surface area (Å²) in [6.07, 6.45) is 3.41. The van der Waals surface area contributed by atoms with E-state index >= 15 is 0 Å². The van der Waals surface area contributed by atoms with Crippen LogP contribution < -0.4 is 4.74 Å². The fourth-order valence-corrected chi connectivity index (χ4v) is 3.80. The van der Waals surface area contributed by atoms with Gasteiger partial charge >= 0.3 is 5.97 Å². The van der Waals surface area contributed by atoms with Gasteiger partial charge in [-0.3, -0.25) is 14.3 Å². The van der Waals surface area contributed by atoms with Crippen molar-refractivity contribution >= 4 is 18.2 Å². The molecule has 156 valence electrons. The van der Waals surface area contributed by atoms with Gasteiger partial charge in [0.1, 0.15) is 5.75 Å². The number of piperidine rings is 1. The second-order valence-electron chi connectivity index (χ2n) is 7.02. The lowest BCUT2D eigenvalue weighted by molar-refractivity contribution is -0.149. The number of allylic oxidation sites excluding steroid dienone is 1. The molecule has 1 fully saturated rings. The predicted molar refractivity (Wildman–Crippen MR) is 114 cm³/mol. The number of hydrogen-bond donors (Lipinski definition) is 0. The van der Waals surface area contributed by atoms with Gasteiger partial charge in [0.05, 0.1) is 26.3 Å². The molecular weight excluding hydrogens is 388 g/mol. The Morgan fingerprint density at radius 2 is 2.00 bits per heavy atom. The van der Waals surface area contributed by atoms with Gasteiger partial charge in [0.25, 0.3) is 0 Å². The standard InChI is InChI=1S/C21H28N4O3S/c1-4-12-24-19(16-6-8-18(27-3)9-7-16)22-25(21(24)29)15-23-13-10-17(11-14-23)20(26)28-5-2/h4,6-9,17H,1,5,10-15H2,2-3H3. The Labute approximate surface area is 176 Å². The zero-order valence-electron chi connectivity index (χ0n) is 17.0. The number of carbonyl (C=O) groups excluding carboxylic acids is 1. The molecule has 8 heteroatoms. The molecule has 29 heavy (non-hydrogen) atoms. The van der Waals surface area contributed by atoms with E-state index in [4.69, 9.17) is 26.8 Å². The Bertz CT molecular complexity index is 896. The molecule has 2 heterocycles. The summed E-state index contributed by atoms with van der Waals surface area (Å²) in [5, 5.41) is 4.79. The molecule has 0 atom stereocenters. The van der Waals surface area contributed by atoms with Crippen LogP contribution in [0.25, 0.3) is 11.4 Å². The fraction of sp³-hybridized carbons (Fsp3) is 0.476. The first-order chi connectivity index (χ1) is 14.1. The lowest BCUT2D eigenvalue weighted by Crippen LogP contribution is -2.38. The van der Waals surface area contributed by atoms with E-state index < -0.39 is 0 Å². The number of likely N-dealkylation sites (tertiary alicyclic amines) is 1. The van der Waals surface area contributed by atoms with Crippen LogP contribution in [0.4, 0.5) is 0 Å². The highest BCUT2D eigenvalue weighted by Gasteiger charge is 2.26. The third kappa shape index (κ3) is 4.94. The van der Waals surface area contributed by atoms with Gasteiger partial charge in [-0.2, -0.15) is 5.10 Å². The van der Waals surface area contributed by atoms with E-state index in [1.54, 1.807) is 7.11 Å². The monoisotopic (exact) mass is 416 g/mol. The van der Waals surface area contributed by atoms with Crippen molar-refractivity contribution in [2.24, 2.45) is 5.92 Å². The van der Waals surface area contributed by atoms with Crippen LogP contribution in [0.15, 0.2) is 36.9 Å². The zero-order valence-corrected chi connectivity index (χ0v) is 17.9. The van der Waals surface area contributed by atoms with Gasteiger partial charge in [-0.15, -0.1) is 6.58 Å². The van der Waals surface area contributed by atoms with E-state index in [1.807, 2.05) is 46.5 Å². The number of benzene rings is 1. The number of nitrogens with zero attached hydrogens (tertiary/aromatic N) is 4. The van der Waals surface area contributed by atoms with Crippen molar-refractivity contribution in [1.82, 2.24) is 19.2 Å². The number of rotatable bonds is 8. The molecule has 0 amide bonds. The summed E-state index contributed by atoms with van der Waals surface area (Å²) in [7, 11) is 1.65. The predicted octanol–water partition coefficient (Wildman–Crippen LogP) is 3.51. The minimum Gasteiger partial charge on any atom is -0.497 e. The highest BCUT2D eigenvalue weighted by molar-refractivity contribution is 7.71. The maximum absolute atomic E-state index is 11.9. The zero-order chi connectivity index (χ0) is 20.8. The van der Waals surface area contributed by atoms with E-state index in [0.29, 0.717) is 24.6 Å². The molecule has 0 unspecified atom stereocenters. The normalized spacial score (nSPS) is 15.2. The summed E-state index contributed by atoms with van der Waals surface area (Å²) >= 11 is 5.68. The van der Waals surface area contributed by atoms with Crippen molar-refractivity contribution in [2.45, 2.75) is 33.0 Å². The Balaban J connectivity index is 1.76. The number of esters is 1. The number of carbonyl (C=O) groups is 1. The van der Waals surface area contributed by atoms with E-state index in [-0.39, 0.29) is 11.9 Å². The maximum atomic E-state index is 11.9. The smallest absolute Gasteiger partial charge is 0.309 e. The lowest BCUT2D eigenvalue weighted by atomic mass is 9.97. The third-order valence-corrected chi connectivity index (χ3v) is 5.56. The molecule has 3 rings (SSSR count).